The average molecular weight is 440 g/mol. The fraction of sp³-hybridized carbons (Fsp3) is 0.429. The Labute approximate surface area is 148 Å². The number of halogens is 3. The molecule has 0 amide bonds. The lowest BCUT2D eigenvalue weighted by Gasteiger charge is -2.25. The lowest BCUT2D eigenvalue weighted by Crippen LogP contribution is -2.29. The Balaban J connectivity index is 1.95. The summed E-state index contributed by atoms with van der Waals surface area (Å²) in [6.45, 7) is 4.82. The van der Waals surface area contributed by atoms with E-state index in [1.165, 1.54) is 4.42 Å². The van der Waals surface area contributed by atoms with E-state index in [1.54, 1.807) is 12.4 Å². The van der Waals surface area contributed by atoms with Gasteiger partial charge in [-0.05, 0) is 42.5 Å². The highest BCUT2D eigenvalue weighted by Crippen LogP contribution is 2.23. The van der Waals surface area contributed by atoms with Crippen LogP contribution in [0.2, 0.25) is 0 Å². The Morgan fingerprint density at radius 3 is 2.76 bits per heavy atom. The second-order valence-corrected chi connectivity index (χ2v) is 7.89. The highest BCUT2D eigenvalue weighted by atomic mass is 127. The predicted octanol–water partition coefficient (Wildman–Crippen LogP) is 4.32. The van der Waals surface area contributed by atoms with Crippen molar-refractivity contribution in [2.75, 3.05) is 6.54 Å². The van der Waals surface area contributed by atoms with E-state index in [4.69, 9.17) is 28.1 Å². The summed E-state index contributed by atoms with van der Waals surface area (Å²) >= 11 is 14.6. The molecule has 114 valence electrons. The number of aliphatic imine (C=N–C) groups is 1. The second-order valence-electron chi connectivity index (χ2n) is 5.36. The van der Waals surface area contributed by atoms with E-state index >= 15 is 0 Å². The van der Waals surface area contributed by atoms with Gasteiger partial charge in [0.25, 0.3) is 0 Å². The van der Waals surface area contributed by atoms with Crippen molar-refractivity contribution in [1.82, 2.24) is 9.40 Å². The van der Waals surface area contributed by atoms with E-state index in [2.05, 4.69) is 32.6 Å². The minimum absolute atomic E-state index is 0.324. The molecule has 21 heavy (non-hydrogen) atoms. The standard InChI is InChI=1S/C14H16Cl2IN3O/c1-14(2,15)5-11-8-20(16)13(7-18-11)21-9-10-3-4-12(17)19-6-10/h3-4,6-7H,5,8-9H2,1-2H3. The van der Waals surface area contributed by atoms with Crippen LogP contribution in [0.4, 0.5) is 0 Å². The summed E-state index contributed by atoms with van der Waals surface area (Å²) in [7, 11) is 0. The molecule has 0 atom stereocenters. The van der Waals surface area contributed by atoms with E-state index in [1.807, 2.05) is 26.0 Å². The molecule has 0 aromatic carbocycles. The normalized spacial score (nSPS) is 15.6. The minimum Gasteiger partial charge on any atom is -0.472 e. The number of ether oxygens (including phenoxy) is 1. The molecule has 4 nitrogen and oxygen atoms in total. The number of hydrogen-bond acceptors (Lipinski definition) is 4. The molecular formula is C14H16Cl2IN3O. The summed E-state index contributed by atoms with van der Waals surface area (Å²) in [5.74, 6) is 0.534. The third-order valence-electron chi connectivity index (χ3n) is 2.72. The maximum absolute atomic E-state index is 6.20. The monoisotopic (exact) mass is 439 g/mol. The molecule has 0 fully saturated rings. The van der Waals surface area contributed by atoms with E-state index in [9.17, 15) is 0 Å². The van der Waals surface area contributed by atoms with Gasteiger partial charge in [-0.2, -0.15) is 0 Å². The zero-order valence-corrected chi connectivity index (χ0v) is 15.5. The van der Waals surface area contributed by atoms with Crippen molar-refractivity contribution in [2.45, 2.75) is 31.7 Å². The number of hydrogen-bond donors (Lipinski definition) is 0. The van der Waals surface area contributed by atoms with Crippen molar-refractivity contribution < 1.29 is 4.74 Å². The Hall–Kier alpha value is -0.530. The smallest absolute Gasteiger partial charge is 0.223 e. The Bertz CT molecular complexity index is 552. The highest BCUT2D eigenvalue weighted by Gasteiger charge is 2.22. The quantitative estimate of drug-likeness (QED) is 0.297. The van der Waals surface area contributed by atoms with E-state index in [0.29, 0.717) is 25.5 Å². The molecule has 1 aliphatic rings. The molecule has 1 aromatic heterocycles. The van der Waals surface area contributed by atoms with Gasteiger partial charge in [0, 0.05) is 40.5 Å². The Morgan fingerprint density at radius 2 is 2.19 bits per heavy atom. The second kappa shape index (κ2) is 7.15. The molecule has 0 unspecified atom stereocenters. The summed E-state index contributed by atoms with van der Waals surface area (Å²) < 4.78 is 8.14. The van der Waals surface area contributed by atoms with Gasteiger partial charge in [0.05, 0.1) is 12.7 Å². The van der Waals surface area contributed by atoms with Gasteiger partial charge in [0.2, 0.25) is 5.88 Å². The van der Waals surface area contributed by atoms with Gasteiger partial charge in [-0.25, -0.2) is 9.40 Å². The summed E-state index contributed by atoms with van der Waals surface area (Å²) in [4.78, 5) is 8.26. The van der Waals surface area contributed by atoms with Crippen molar-refractivity contribution in [3.8, 4) is 0 Å². The molecule has 7 heteroatoms. The topological polar surface area (TPSA) is 37.7 Å². The van der Waals surface area contributed by atoms with Crippen LogP contribution in [0.25, 0.3) is 0 Å². The Morgan fingerprint density at radius 1 is 1.43 bits per heavy atom. The molecular weight excluding hydrogens is 424 g/mol. The van der Waals surface area contributed by atoms with Crippen molar-refractivity contribution in [1.29, 1.82) is 0 Å². The number of aromatic nitrogens is 1. The highest BCUT2D eigenvalue weighted by molar-refractivity contribution is 14.1. The Kier molecular flexibility index (Phi) is 5.73. The van der Waals surface area contributed by atoms with Gasteiger partial charge >= 0.3 is 0 Å². The first kappa shape index (κ1) is 16.8. The fourth-order valence-corrected chi connectivity index (χ4v) is 2.54. The van der Waals surface area contributed by atoms with Gasteiger partial charge < -0.3 is 4.74 Å². The van der Waals surface area contributed by atoms with Gasteiger partial charge in [-0.3, -0.25) is 4.99 Å². The maximum atomic E-state index is 6.20. The first-order valence-electron chi connectivity index (χ1n) is 6.45. The molecule has 2 rings (SSSR count). The minimum atomic E-state index is -0.324. The molecule has 1 aromatic rings. The third-order valence-corrected chi connectivity index (χ3v) is 3.78. The van der Waals surface area contributed by atoms with Gasteiger partial charge in [-0.1, -0.05) is 6.07 Å². The van der Waals surface area contributed by atoms with Gasteiger partial charge in [0.15, 0.2) is 0 Å². The number of pyridine rings is 1. The lowest BCUT2D eigenvalue weighted by molar-refractivity contribution is 0.145. The predicted molar refractivity (Wildman–Crippen MR) is 94.4 cm³/mol. The lowest BCUT2D eigenvalue weighted by atomic mass is 10.1. The van der Waals surface area contributed by atoms with Crippen LogP contribution in [0, 0.1) is 3.70 Å². The molecule has 0 bridgehead atoms. The first-order valence-corrected chi connectivity index (χ1v) is 8.24. The molecule has 0 N–H and O–H groups in total. The van der Waals surface area contributed by atoms with E-state index in [-0.39, 0.29) is 4.87 Å². The van der Waals surface area contributed by atoms with Crippen LogP contribution in [-0.2, 0) is 11.3 Å². The van der Waals surface area contributed by atoms with Crippen molar-refractivity contribution in [3.05, 3.63) is 39.7 Å². The molecule has 0 aliphatic carbocycles. The van der Waals surface area contributed by atoms with Crippen molar-refractivity contribution in [2.24, 2.45) is 4.99 Å². The first-order chi connectivity index (χ1) is 9.83. The van der Waals surface area contributed by atoms with Gasteiger partial charge in [-0.15, -0.1) is 11.6 Å². The van der Waals surface area contributed by atoms with E-state index in [0.717, 1.165) is 15.0 Å². The SMILES string of the molecule is CC(C)(Cl)CC1=NC=C(OCc2ccc(I)nc2)N(Cl)C1. The number of alkyl halides is 1. The summed E-state index contributed by atoms with van der Waals surface area (Å²) in [6.07, 6.45) is 4.10. The van der Waals surface area contributed by atoms with Crippen LogP contribution < -0.4 is 0 Å². The number of nitrogens with zero attached hydrogens (tertiary/aromatic N) is 3. The summed E-state index contributed by atoms with van der Waals surface area (Å²) in [5.41, 5.74) is 1.92. The van der Waals surface area contributed by atoms with Crippen LogP contribution >= 0.6 is 46.0 Å². The van der Waals surface area contributed by atoms with Crippen LogP contribution in [0.5, 0.6) is 0 Å². The molecule has 0 radical (unpaired) electrons. The molecule has 0 saturated heterocycles. The molecule has 0 saturated carbocycles. The van der Waals surface area contributed by atoms with E-state index < -0.39 is 0 Å². The number of rotatable bonds is 5. The largest absolute Gasteiger partial charge is 0.472 e. The molecule has 2 heterocycles. The van der Waals surface area contributed by atoms with Crippen LogP contribution in [0.3, 0.4) is 0 Å². The van der Waals surface area contributed by atoms with Gasteiger partial charge in [0.1, 0.15) is 10.3 Å². The molecule has 1 aliphatic heterocycles. The van der Waals surface area contributed by atoms with Crippen LogP contribution in [0.15, 0.2) is 35.4 Å². The zero-order chi connectivity index (χ0) is 15.5. The summed E-state index contributed by atoms with van der Waals surface area (Å²) in [6, 6.07) is 3.91. The summed E-state index contributed by atoms with van der Waals surface area (Å²) in [5, 5.41) is 0. The van der Waals surface area contributed by atoms with Crippen LogP contribution in [0.1, 0.15) is 25.8 Å². The molecule has 0 spiro atoms. The average Bonchev–Trinajstić information content (AvgIpc) is 2.38. The van der Waals surface area contributed by atoms with Crippen molar-refractivity contribution in [3.63, 3.8) is 0 Å². The van der Waals surface area contributed by atoms with Crippen molar-refractivity contribution >= 4 is 51.7 Å². The zero-order valence-electron chi connectivity index (χ0n) is 11.8. The maximum Gasteiger partial charge on any atom is 0.223 e. The van der Waals surface area contributed by atoms with Crippen LogP contribution in [-0.4, -0.2) is 26.5 Å². The third kappa shape index (κ3) is 5.64. The fourth-order valence-electron chi connectivity index (χ4n) is 1.83.